The quantitative estimate of drug-likeness (QED) is 0.915. The molecule has 1 saturated heterocycles. The summed E-state index contributed by atoms with van der Waals surface area (Å²) < 4.78 is 5.23. The summed E-state index contributed by atoms with van der Waals surface area (Å²) in [6, 6.07) is 4.50. The number of benzene rings is 1. The Hall–Kier alpha value is -1.59. The molecule has 2 rings (SSSR count). The normalized spacial score (nSPS) is 22.1. The first-order valence-corrected chi connectivity index (χ1v) is 6.71. The van der Waals surface area contributed by atoms with Gasteiger partial charge < -0.3 is 15.4 Å². The molecule has 0 spiro atoms. The van der Waals surface area contributed by atoms with Crippen LogP contribution in [0.1, 0.15) is 22.3 Å². The van der Waals surface area contributed by atoms with Crippen molar-refractivity contribution in [2.45, 2.75) is 25.5 Å². The molecule has 2 N–H and O–H groups in total. The van der Waals surface area contributed by atoms with Crippen LogP contribution < -0.4 is 5.73 Å². The topological polar surface area (TPSA) is 72.6 Å². The Morgan fingerprint density at radius 3 is 2.75 bits per heavy atom. The average molecular weight is 297 g/mol. The number of methoxy groups -OCH3 is 1. The molecule has 1 heterocycles. The van der Waals surface area contributed by atoms with Crippen molar-refractivity contribution in [3.63, 3.8) is 0 Å². The van der Waals surface area contributed by atoms with Crippen LogP contribution in [0, 0.1) is 6.92 Å². The van der Waals surface area contributed by atoms with Crippen molar-refractivity contribution >= 4 is 23.4 Å². The van der Waals surface area contributed by atoms with Crippen molar-refractivity contribution in [2.75, 3.05) is 13.7 Å². The first kappa shape index (κ1) is 14.8. The Balaban J connectivity index is 2.31. The summed E-state index contributed by atoms with van der Waals surface area (Å²) in [6.07, 6.45) is 0.257. The Labute approximate surface area is 122 Å². The van der Waals surface area contributed by atoms with Gasteiger partial charge in [-0.2, -0.15) is 0 Å². The molecule has 1 fully saturated rings. The Morgan fingerprint density at radius 2 is 2.15 bits per heavy atom. The average Bonchev–Trinajstić information content (AvgIpc) is 2.85. The summed E-state index contributed by atoms with van der Waals surface area (Å²) in [6.45, 7) is 2.13. The summed E-state index contributed by atoms with van der Waals surface area (Å²) in [7, 11) is 1.56. The highest BCUT2D eigenvalue weighted by Gasteiger charge is 2.39. The van der Waals surface area contributed by atoms with Crippen molar-refractivity contribution in [3.05, 3.63) is 34.3 Å². The van der Waals surface area contributed by atoms with Gasteiger partial charge in [-0.25, -0.2) is 0 Å². The standard InChI is InChI=1S/C14H17ClN2O3/c1-8-10(4-3-5-11(8)15)14(19)17-7-9(20-2)6-12(17)13(16)18/h3-5,9,12H,6-7H2,1-2H3,(H2,16,18)/t9-,12-/m0/s1. The number of hydrogen-bond donors (Lipinski definition) is 1. The van der Waals surface area contributed by atoms with E-state index in [0.717, 1.165) is 0 Å². The smallest absolute Gasteiger partial charge is 0.254 e. The van der Waals surface area contributed by atoms with Gasteiger partial charge in [0.1, 0.15) is 6.04 Å². The lowest BCUT2D eigenvalue weighted by Crippen LogP contribution is -2.44. The zero-order valence-corrected chi connectivity index (χ0v) is 12.2. The molecule has 0 unspecified atom stereocenters. The van der Waals surface area contributed by atoms with E-state index >= 15 is 0 Å². The van der Waals surface area contributed by atoms with Gasteiger partial charge >= 0.3 is 0 Å². The molecule has 108 valence electrons. The number of amides is 2. The van der Waals surface area contributed by atoms with Crippen LogP contribution in [0.4, 0.5) is 0 Å². The van der Waals surface area contributed by atoms with E-state index in [0.29, 0.717) is 29.1 Å². The highest BCUT2D eigenvalue weighted by molar-refractivity contribution is 6.31. The van der Waals surface area contributed by atoms with Crippen LogP contribution in [0.3, 0.4) is 0 Å². The van der Waals surface area contributed by atoms with E-state index in [4.69, 9.17) is 22.1 Å². The minimum absolute atomic E-state index is 0.170. The number of carbonyl (C=O) groups is 2. The lowest BCUT2D eigenvalue weighted by molar-refractivity contribution is -0.121. The maximum absolute atomic E-state index is 12.6. The third-order valence-electron chi connectivity index (χ3n) is 3.68. The maximum Gasteiger partial charge on any atom is 0.254 e. The minimum atomic E-state index is -0.633. The van der Waals surface area contributed by atoms with E-state index in [1.165, 1.54) is 4.90 Å². The van der Waals surface area contributed by atoms with Gasteiger partial charge in [-0.1, -0.05) is 17.7 Å². The van der Waals surface area contributed by atoms with E-state index in [9.17, 15) is 9.59 Å². The molecular formula is C14H17ClN2O3. The number of primary amides is 1. The largest absolute Gasteiger partial charge is 0.380 e. The lowest BCUT2D eigenvalue weighted by atomic mass is 10.1. The molecule has 0 radical (unpaired) electrons. The van der Waals surface area contributed by atoms with Gasteiger partial charge in [0.15, 0.2) is 0 Å². The third-order valence-corrected chi connectivity index (χ3v) is 4.09. The van der Waals surface area contributed by atoms with Crippen LogP contribution in [-0.2, 0) is 9.53 Å². The van der Waals surface area contributed by atoms with Crippen LogP contribution in [0.2, 0.25) is 5.02 Å². The van der Waals surface area contributed by atoms with Gasteiger partial charge in [0, 0.05) is 30.7 Å². The molecule has 5 nitrogen and oxygen atoms in total. The van der Waals surface area contributed by atoms with Crippen molar-refractivity contribution in [2.24, 2.45) is 5.73 Å². The summed E-state index contributed by atoms with van der Waals surface area (Å²) in [5.74, 6) is -0.758. The summed E-state index contributed by atoms with van der Waals surface area (Å²) in [4.78, 5) is 25.6. The SMILES string of the molecule is CO[C@H]1C[C@@H](C(N)=O)N(C(=O)c2cccc(Cl)c2C)C1. The predicted molar refractivity (Wildman–Crippen MR) is 75.6 cm³/mol. The van der Waals surface area contributed by atoms with E-state index in [2.05, 4.69) is 0 Å². The zero-order chi connectivity index (χ0) is 14.9. The first-order valence-electron chi connectivity index (χ1n) is 6.34. The Bertz CT molecular complexity index is 547. The van der Waals surface area contributed by atoms with Crippen LogP contribution in [0.15, 0.2) is 18.2 Å². The first-order chi connectivity index (χ1) is 9.45. The fourth-order valence-corrected chi connectivity index (χ4v) is 2.63. The van der Waals surface area contributed by atoms with Crippen LogP contribution in [0.25, 0.3) is 0 Å². The van der Waals surface area contributed by atoms with Crippen molar-refractivity contribution < 1.29 is 14.3 Å². The molecule has 0 saturated carbocycles. The van der Waals surface area contributed by atoms with Crippen LogP contribution in [-0.4, -0.2) is 42.5 Å². The van der Waals surface area contributed by atoms with Gasteiger partial charge in [0.2, 0.25) is 5.91 Å². The molecule has 0 bridgehead atoms. The Kier molecular flexibility index (Phi) is 4.30. The molecule has 6 heteroatoms. The highest BCUT2D eigenvalue weighted by atomic mass is 35.5. The molecule has 2 amide bonds. The van der Waals surface area contributed by atoms with Gasteiger partial charge in [0.05, 0.1) is 6.10 Å². The van der Waals surface area contributed by atoms with E-state index in [1.54, 1.807) is 32.2 Å². The summed E-state index contributed by atoms with van der Waals surface area (Å²) in [5, 5.41) is 0.522. The number of likely N-dealkylation sites (tertiary alicyclic amines) is 1. The molecule has 0 aliphatic carbocycles. The van der Waals surface area contributed by atoms with Crippen LogP contribution >= 0.6 is 11.6 Å². The van der Waals surface area contributed by atoms with Crippen molar-refractivity contribution in [1.29, 1.82) is 0 Å². The lowest BCUT2D eigenvalue weighted by Gasteiger charge is -2.23. The van der Waals surface area contributed by atoms with E-state index in [-0.39, 0.29) is 12.0 Å². The maximum atomic E-state index is 12.6. The highest BCUT2D eigenvalue weighted by Crippen LogP contribution is 2.25. The second-order valence-electron chi connectivity index (χ2n) is 4.88. The molecule has 1 aliphatic rings. The van der Waals surface area contributed by atoms with Gasteiger partial charge in [0.25, 0.3) is 5.91 Å². The molecule has 2 atom stereocenters. The zero-order valence-electron chi connectivity index (χ0n) is 11.4. The number of hydrogen-bond acceptors (Lipinski definition) is 3. The van der Waals surface area contributed by atoms with Crippen molar-refractivity contribution in [1.82, 2.24) is 4.90 Å². The molecule has 1 aromatic carbocycles. The fraction of sp³-hybridized carbons (Fsp3) is 0.429. The third kappa shape index (κ3) is 2.64. The van der Waals surface area contributed by atoms with E-state index < -0.39 is 11.9 Å². The number of ether oxygens (including phenoxy) is 1. The summed E-state index contributed by atoms with van der Waals surface area (Å²) >= 11 is 6.03. The molecule has 20 heavy (non-hydrogen) atoms. The number of nitrogens with two attached hydrogens (primary N) is 1. The molecule has 1 aromatic rings. The Morgan fingerprint density at radius 1 is 1.45 bits per heavy atom. The minimum Gasteiger partial charge on any atom is -0.380 e. The number of carbonyl (C=O) groups excluding carboxylic acids is 2. The fourth-order valence-electron chi connectivity index (χ4n) is 2.46. The molecular weight excluding hydrogens is 280 g/mol. The summed E-state index contributed by atoms with van der Waals surface area (Å²) in [5.41, 5.74) is 6.56. The van der Waals surface area contributed by atoms with Gasteiger partial charge in [-0.05, 0) is 24.6 Å². The molecule has 1 aliphatic heterocycles. The number of nitrogens with zero attached hydrogens (tertiary/aromatic N) is 1. The second kappa shape index (κ2) is 5.81. The predicted octanol–water partition coefficient (Wildman–Crippen LogP) is 1.36. The van der Waals surface area contributed by atoms with Gasteiger partial charge in [-0.3, -0.25) is 9.59 Å². The molecule has 0 aromatic heterocycles. The van der Waals surface area contributed by atoms with Crippen LogP contribution in [0.5, 0.6) is 0 Å². The van der Waals surface area contributed by atoms with Gasteiger partial charge in [-0.15, -0.1) is 0 Å². The van der Waals surface area contributed by atoms with E-state index in [1.807, 2.05) is 0 Å². The second-order valence-corrected chi connectivity index (χ2v) is 5.29. The monoisotopic (exact) mass is 296 g/mol. The number of halogens is 1. The number of rotatable bonds is 3. The van der Waals surface area contributed by atoms with Crippen molar-refractivity contribution in [3.8, 4) is 0 Å².